The van der Waals surface area contributed by atoms with Crippen LogP contribution in [0.25, 0.3) is 0 Å². The minimum Gasteiger partial charge on any atom is -0.361 e. The van der Waals surface area contributed by atoms with Crippen LogP contribution in [-0.2, 0) is 16.1 Å². The molecule has 0 spiro atoms. The Morgan fingerprint density at radius 1 is 1.17 bits per heavy atom. The lowest BCUT2D eigenvalue weighted by Gasteiger charge is -2.26. The average Bonchev–Trinajstić information content (AvgIpc) is 3.29. The molecular weight excluding hydrogens is 385 g/mol. The number of amides is 2. The van der Waals surface area contributed by atoms with E-state index in [-0.39, 0.29) is 37.0 Å². The fourth-order valence-corrected chi connectivity index (χ4v) is 3.79. The van der Waals surface area contributed by atoms with Crippen molar-refractivity contribution in [1.82, 2.24) is 5.16 Å². The minimum absolute atomic E-state index is 0.0398. The van der Waals surface area contributed by atoms with Crippen molar-refractivity contribution in [3.63, 3.8) is 0 Å². The quantitative estimate of drug-likeness (QED) is 0.641. The Labute approximate surface area is 173 Å². The van der Waals surface area contributed by atoms with E-state index in [2.05, 4.69) is 5.16 Å². The lowest BCUT2D eigenvalue weighted by Crippen LogP contribution is -2.37. The highest BCUT2D eigenvalue weighted by Gasteiger charge is 2.38. The largest absolute Gasteiger partial charge is 0.361 e. The van der Waals surface area contributed by atoms with Gasteiger partial charge in [0.15, 0.2) is 0 Å². The van der Waals surface area contributed by atoms with Gasteiger partial charge in [-0.25, -0.2) is 4.39 Å². The third-order valence-electron chi connectivity index (χ3n) is 5.45. The molecule has 4 rings (SSSR count). The van der Waals surface area contributed by atoms with Crippen LogP contribution in [0.4, 0.5) is 15.8 Å². The first-order valence-corrected chi connectivity index (χ1v) is 9.78. The van der Waals surface area contributed by atoms with Gasteiger partial charge in [0.25, 0.3) is 0 Å². The van der Waals surface area contributed by atoms with Gasteiger partial charge in [0, 0.05) is 24.2 Å². The summed E-state index contributed by atoms with van der Waals surface area (Å²) in [6.45, 7) is 4.07. The van der Waals surface area contributed by atoms with Crippen LogP contribution in [0.2, 0.25) is 0 Å². The Morgan fingerprint density at radius 3 is 2.53 bits per heavy atom. The summed E-state index contributed by atoms with van der Waals surface area (Å²) in [7, 11) is 0. The summed E-state index contributed by atoms with van der Waals surface area (Å²) >= 11 is 0. The normalized spacial score (nSPS) is 16.2. The number of rotatable bonds is 5. The predicted octanol–water partition coefficient (Wildman–Crippen LogP) is 4.02. The zero-order chi connectivity index (χ0) is 21.3. The van der Waals surface area contributed by atoms with Gasteiger partial charge in [0.05, 0.1) is 23.8 Å². The van der Waals surface area contributed by atoms with E-state index in [1.807, 2.05) is 44.2 Å². The smallest absolute Gasteiger partial charge is 0.232 e. The summed E-state index contributed by atoms with van der Waals surface area (Å²) in [5.74, 6) is -0.846. The van der Waals surface area contributed by atoms with E-state index in [1.54, 1.807) is 23.1 Å². The van der Waals surface area contributed by atoms with E-state index >= 15 is 0 Å². The maximum atomic E-state index is 14.2. The summed E-state index contributed by atoms with van der Waals surface area (Å²) in [6, 6.07) is 15.4. The molecule has 2 heterocycles. The summed E-state index contributed by atoms with van der Waals surface area (Å²) < 4.78 is 19.5. The number of carbonyl (C=O) groups excluding carboxylic acids is 2. The molecule has 1 saturated heterocycles. The maximum absolute atomic E-state index is 14.2. The SMILES string of the molecule is Cc1noc(C)c1CN(C(=O)[C@H]1CC(=O)N(c2ccccc2F)C1)c1ccccc1. The standard InChI is InChI=1S/C23H22FN3O3/c1-15-19(16(2)30-25-15)14-26(18-8-4-3-5-9-18)23(29)17-12-22(28)27(13-17)21-11-7-6-10-20(21)24/h3-11,17H,12-14H2,1-2H3/t17-/m0/s1. The summed E-state index contributed by atoms with van der Waals surface area (Å²) in [5, 5.41) is 3.98. The van der Waals surface area contributed by atoms with Gasteiger partial charge in [-0.1, -0.05) is 35.5 Å². The molecule has 0 unspecified atom stereocenters. The Kier molecular flexibility index (Phi) is 5.35. The molecule has 154 valence electrons. The second kappa shape index (κ2) is 8.10. The van der Waals surface area contributed by atoms with Crippen molar-refractivity contribution in [2.24, 2.45) is 5.92 Å². The Balaban J connectivity index is 1.62. The average molecular weight is 407 g/mol. The van der Waals surface area contributed by atoms with Crippen molar-refractivity contribution in [2.45, 2.75) is 26.8 Å². The number of nitrogens with zero attached hydrogens (tertiary/aromatic N) is 3. The second-order valence-electron chi connectivity index (χ2n) is 7.42. The fraction of sp³-hybridized carbons (Fsp3) is 0.261. The summed E-state index contributed by atoms with van der Waals surface area (Å²) in [4.78, 5) is 29.1. The number of carbonyl (C=O) groups is 2. The highest BCUT2D eigenvalue weighted by molar-refractivity contribution is 6.04. The lowest BCUT2D eigenvalue weighted by molar-refractivity contribution is -0.124. The van der Waals surface area contributed by atoms with Crippen molar-refractivity contribution >= 4 is 23.2 Å². The van der Waals surface area contributed by atoms with Crippen LogP contribution >= 0.6 is 0 Å². The van der Waals surface area contributed by atoms with Crippen molar-refractivity contribution in [3.8, 4) is 0 Å². The van der Waals surface area contributed by atoms with E-state index in [0.717, 1.165) is 16.9 Å². The molecule has 6 nitrogen and oxygen atoms in total. The van der Waals surface area contributed by atoms with E-state index in [9.17, 15) is 14.0 Å². The molecule has 1 aliphatic heterocycles. The molecule has 1 aliphatic rings. The molecule has 1 fully saturated rings. The number of anilines is 2. The van der Waals surface area contributed by atoms with Crippen LogP contribution in [0.3, 0.4) is 0 Å². The predicted molar refractivity (Wildman–Crippen MR) is 110 cm³/mol. The van der Waals surface area contributed by atoms with E-state index in [1.165, 1.54) is 11.0 Å². The van der Waals surface area contributed by atoms with Crippen LogP contribution in [0.1, 0.15) is 23.4 Å². The van der Waals surface area contributed by atoms with Crippen LogP contribution in [0.15, 0.2) is 59.1 Å². The molecule has 1 atom stereocenters. The van der Waals surface area contributed by atoms with Gasteiger partial charge in [-0.15, -0.1) is 0 Å². The van der Waals surface area contributed by atoms with Crippen LogP contribution < -0.4 is 9.80 Å². The fourth-order valence-electron chi connectivity index (χ4n) is 3.79. The number of aryl methyl sites for hydroxylation is 2. The number of aromatic nitrogens is 1. The minimum atomic E-state index is -0.571. The van der Waals surface area contributed by atoms with Gasteiger partial charge in [0.1, 0.15) is 11.6 Å². The van der Waals surface area contributed by atoms with Gasteiger partial charge < -0.3 is 14.3 Å². The van der Waals surface area contributed by atoms with Crippen molar-refractivity contribution < 1.29 is 18.5 Å². The highest BCUT2D eigenvalue weighted by atomic mass is 19.1. The third-order valence-corrected chi connectivity index (χ3v) is 5.45. The molecule has 2 amide bonds. The van der Waals surface area contributed by atoms with Crippen LogP contribution in [0.5, 0.6) is 0 Å². The van der Waals surface area contributed by atoms with Gasteiger partial charge in [-0.05, 0) is 38.1 Å². The Morgan fingerprint density at radius 2 is 1.87 bits per heavy atom. The molecule has 3 aromatic rings. The molecular formula is C23H22FN3O3. The molecule has 7 heteroatoms. The van der Waals surface area contributed by atoms with Gasteiger partial charge in [-0.2, -0.15) is 0 Å². The molecule has 0 aliphatic carbocycles. The molecule has 30 heavy (non-hydrogen) atoms. The van der Waals surface area contributed by atoms with Crippen molar-refractivity contribution in [1.29, 1.82) is 0 Å². The first-order chi connectivity index (χ1) is 14.5. The summed E-state index contributed by atoms with van der Waals surface area (Å²) in [6.07, 6.45) is 0.0398. The highest BCUT2D eigenvalue weighted by Crippen LogP contribution is 2.30. The molecule has 1 aromatic heterocycles. The Bertz CT molecular complexity index is 1060. The Hall–Kier alpha value is -3.48. The summed E-state index contributed by atoms with van der Waals surface area (Å²) in [5.41, 5.74) is 2.48. The first-order valence-electron chi connectivity index (χ1n) is 9.78. The van der Waals surface area contributed by atoms with E-state index < -0.39 is 11.7 Å². The monoisotopic (exact) mass is 407 g/mol. The van der Waals surface area contributed by atoms with Crippen molar-refractivity contribution in [2.75, 3.05) is 16.3 Å². The van der Waals surface area contributed by atoms with Gasteiger partial charge in [0.2, 0.25) is 11.8 Å². The number of halogens is 1. The molecule has 0 radical (unpaired) electrons. The first kappa shape index (κ1) is 19.8. The zero-order valence-corrected chi connectivity index (χ0v) is 16.8. The van der Waals surface area contributed by atoms with Gasteiger partial charge in [-0.3, -0.25) is 9.59 Å². The second-order valence-corrected chi connectivity index (χ2v) is 7.42. The maximum Gasteiger partial charge on any atom is 0.232 e. The topological polar surface area (TPSA) is 66.7 Å². The molecule has 0 N–H and O–H groups in total. The van der Waals surface area contributed by atoms with Crippen LogP contribution in [-0.4, -0.2) is 23.5 Å². The van der Waals surface area contributed by atoms with E-state index in [0.29, 0.717) is 5.76 Å². The number of hydrogen-bond acceptors (Lipinski definition) is 4. The van der Waals surface area contributed by atoms with Gasteiger partial charge >= 0.3 is 0 Å². The molecule has 2 aromatic carbocycles. The number of para-hydroxylation sites is 2. The lowest BCUT2D eigenvalue weighted by atomic mass is 10.1. The number of benzene rings is 2. The number of hydrogen-bond donors (Lipinski definition) is 0. The van der Waals surface area contributed by atoms with E-state index in [4.69, 9.17) is 4.52 Å². The van der Waals surface area contributed by atoms with Crippen molar-refractivity contribution in [3.05, 3.63) is 77.4 Å². The molecule has 0 bridgehead atoms. The molecule has 0 saturated carbocycles. The zero-order valence-electron chi connectivity index (χ0n) is 16.8. The van der Waals surface area contributed by atoms with Crippen LogP contribution in [0, 0.1) is 25.6 Å². The third kappa shape index (κ3) is 3.70.